The monoisotopic (exact) mass is 299 g/mol. The van der Waals surface area contributed by atoms with Gasteiger partial charge in [0.25, 0.3) is 0 Å². The van der Waals surface area contributed by atoms with Gasteiger partial charge in [0.2, 0.25) is 5.91 Å². The minimum absolute atomic E-state index is 0.233. The number of hydrogen-bond acceptors (Lipinski definition) is 4. The van der Waals surface area contributed by atoms with Gasteiger partial charge < -0.3 is 19.9 Å². The number of rotatable bonds is 8. The molecule has 116 valence electrons. The Labute approximate surface area is 121 Å². The van der Waals surface area contributed by atoms with Crippen molar-refractivity contribution in [3.05, 3.63) is 35.1 Å². The van der Waals surface area contributed by atoms with Gasteiger partial charge in [-0.1, -0.05) is 12.1 Å². The van der Waals surface area contributed by atoms with E-state index in [1.807, 2.05) is 0 Å². The summed E-state index contributed by atoms with van der Waals surface area (Å²) in [6, 6.07) is 2.64. The number of carbonyl (C=O) groups excluding carboxylic acids is 1. The summed E-state index contributed by atoms with van der Waals surface area (Å²) in [5.74, 6) is -2.23. The Morgan fingerprint density at radius 1 is 1.38 bits per heavy atom. The van der Waals surface area contributed by atoms with Crippen LogP contribution in [0.3, 0.4) is 0 Å². The fourth-order valence-corrected chi connectivity index (χ4v) is 1.64. The molecule has 21 heavy (non-hydrogen) atoms. The van der Waals surface area contributed by atoms with Crippen LogP contribution in [-0.2, 0) is 19.1 Å². The van der Waals surface area contributed by atoms with Crippen molar-refractivity contribution in [3.63, 3.8) is 0 Å². The van der Waals surface area contributed by atoms with Crippen LogP contribution in [0.5, 0.6) is 0 Å². The van der Waals surface area contributed by atoms with E-state index < -0.39 is 23.7 Å². The number of carbonyl (C=O) groups is 2. The normalized spacial score (nSPS) is 12.0. The molecule has 0 heterocycles. The third kappa shape index (κ3) is 5.49. The van der Waals surface area contributed by atoms with Gasteiger partial charge in [-0.15, -0.1) is 0 Å². The minimum atomic E-state index is -1.25. The third-order valence-corrected chi connectivity index (χ3v) is 2.73. The highest BCUT2D eigenvalue weighted by atomic mass is 19.1. The molecule has 1 rings (SSSR count). The van der Waals surface area contributed by atoms with E-state index >= 15 is 0 Å². The van der Waals surface area contributed by atoms with Gasteiger partial charge in [0, 0.05) is 7.11 Å². The molecule has 0 saturated carbocycles. The van der Waals surface area contributed by atoms with Gasteiger partial charge in [-0.2, -0.15) is 0 Å². The zero-order valence-electron chi connectivity index (χ0n) is 11.9. The predicted molar refractivity (Wildman–Crippen MR) is 72.4 cm³/mol. The number of halogens is 1. The molecule has 0 aromatic heterocycles. The Bertz CT molecular complexity index is 506. The van der Waals surface area contributed by atoms with E-state index in [0.717, 1.165) is 0 Å². The molecule has 0 saturated heterocycles. The van der Waals surface area contributed by atoms with Crippen molar-refractivity contribution in [1.82, 2.24) is 5.32 Å². The minimum Gasteiger partial charge on any atom is -0.479 e. The van der Waals surface area contributed by atoms with Crippen molar-refractivity contribution >= 4 is 11.9 Å². The van der Waals surface area contributed by atoms with Crippen molar-refractivity contribution in [2.45, 2.75) is 13.0 Å². The Hall–Kier alpha value is -1.99. The summed E-state index contributed by atoms with van der Waals surface area (Å²) >= 11 is 0. The Kier molecular flexibility index (Phi) is 6.77. The molecule has 0 radical (unpaired) electrons. The average molecular weight is 299 g/mol. The van der Waals surface area contributed by atoms with Crippen molar-refractivity contribution < 1.29 is 28.6 Å². The summed E-state index contributed by atoms with van der Waals surface area (Å²) in [7, 11) is 1.50. The summed E-state index contributed by atoms with van der Waals surface area (Å²) < 4.78 is 23.0. The first-order valence-electron chi connectivity index (χ1n) is 6.30. The molecule has 0 spiro atoms. The van der Waals surface area contributed by atoms with E-state index in [1.165, 1.54) is 32.2 Å². The molecule has 1 unspecified atom stereocenters. The maximum absolute atomic E-state index is 13.2. The zero-order valence-corrected chi connectivity index (χ0v) is 11.9. The molecular weight excluding hydrogens is 281 g/mol. The molecule has 0 aliphatic carbocycles. The second-order valence-electron chi connectivity index (χ2n) is 4.39. The van der Waals surface area contributed by atoms with E-state index in [0.29, 0.717) is 17.7 Å². The van der Waals surface area contributed by atoms with E-state index in [2.05, 4.69) is 5.32 Å². The van der Waals surface area contributed by atoms with Crippen molar-refractivity contribution in [2.75, 3.05) is 26.9 Å². The molecule has 0 aliphatic heterocycles. The van der Waals surface area contributed by atoms with Crippen LogP contribution in [0.15, 0.2) is 18.2 Å². The lowest BCUT2D eigenvalue weighted by Gasteiger charge is -2.15. The van der Waals surface area contributed by atoms with Crippen LogP contribution in [0.2, 0.25) is 0 Å². The molecular formula is C14H18FNO5. The number of methoxy groups -OCH3 is 1. The Balaban J connectivity index is 2.67. The number of hydrogen-bond donors (Lipinski definition) is 2. The van der Waals surface area contributed by atoms with E-state index in [4.69, 9.17) is 9.47 Å². The second kappa shape index (κ2) is 8.33. The zero-order chi connectivity index (χ0) is 15.8. The molecule has 7 heteroatoms. The summed E-state index contributed by atoms with van der Waals surface area (Å²) in [4.78, 5) is 22.9. The highest BCUT2D eigenvalue weighted by Gasteiger charge is 2.22. The third-order valence-electron chi connectivity index (χ3n) is 2.73. The van der Waals surface area contributed by atoms with Gasteiger partial charge in [-0.05, 0) is 24.1 Å². The van der Waals surface area contributed by atoms with Crippen LogP contribution >= 0.6 is 0 Å². The molecule has 6 nitrogen and oxygen atoms in total. The number of nitrogens with one attached hydrogen (secondary N) is 1. The molecule has 0 aliphatic rings. The number of ether oxygens (including phenoxy) is 2. The number of carboxylic acid groups (broad SMARTS) is 1. The average Bonchev–Trinajstić information content (AvgIpc) is 2.44. The van der Waals surface area contributed by atoms with Gasteiger partial charge in [0.1, 0.15) is 12.4 Å². The molecule has 1 amide bonds. The maximum Gasteiger partial charge on any atom is 0.330 e. The van der Waals surface area contributed by atoms with Crippen LogP contribution in [0.4, 0.5) is 4.39 Å². The fraction of sp³-hybridized carbons (Fsp3) is 0.429. The first kappa shape index (κ1) is 17.1. The lowest BCUT2D eigenvalue weighted by atomic mass is 10.0. The SMILES string of the molecule is COCCOCC(=O)NC(C(=O)O)c1ccc(F)c(C)c1. The number of aryl methyl sites for hydroxylation is 1. The molecule has 1 aromatic rings. The summed E-state index contributed by atoms with van der Waals surface area (Å²) in [6.07, 6.45) is 0. The van der Waals surface area contributed by atoms with E-state index in [9.17, 15) is 19.1 Å². The molecule has 0 fully saturated rings. The fourth-order valence-electron chi connectivity index (χ4n) is 1.64. The molecule has 2 N–H and O–H groups in total. The lowest BCUT2D eigenvalue weighted by molar-refractivity contribution is -0.142. The topological polar surface area (TPSA) is 84.9 Å². The van der Waals surface area contributed by atoms with E-state index in [1.54, 1.807) is 0 Å². The van der Waals surface area contributed by atoms with Gasteiger partial charge in [-0.3, -0.25) is 4.79 Å². The van der Waals surface area contributed by atoms with Gasteiger partial charge in [0.15, 0.2) is 6.04 Å². The number of aliphatic carboxylic acids is 1. The van der Waals surface area contributed by atoms with Gasteiger partial charge in [0.05, 0.1) is 13.2 Å². The first-order chi connectivity index (χ1) is 9.95. The maximum atomic E-state index is 13.2. The second-order valence-corrected chi connectivity index (χ2v) is 4.39. The molecule has 1 aromatic carbocycles. The standard InChI is InChI=1S/C14H18FNO5/c1-9-7-10(3-4-11(9)15)13(14(18)19)16-12(17)8-21-6-5-20-2/h3-4,7,13H,5-6,8H2,1-2H3,(H,16,17)(H,18,19). The number of carboxylic acids is 1. The summed E-state index contributed by atoms with van der Waals surface area (Å²) in [6.45, 7) is 1.82. The van der Waals surface area contributed by atoms with Crippen LogP contribution in [0.25, 0.3) is 0 Å². The van der Waals surface area contributed by atoms with Crippen LogP contribution < -0.4 is 5.32 Å². The van der Waals surface area contributed by atoms with Crippen LogP contribution in [-0.4, -0.2) is 43.9 Å². The predicted octanol–water partition coefficient (Wildman–Crippen LogP) is 1.04. The van der Waals surface area contributed by atoms with Crippen molar-refractivity contribution in [1.29, 1.82) is 0 Å². The largest absolute Gasteiger partial charge is 0.479 e. The highest BCUT2D eigenvalue weighted by Crippen LogP contribution is 2.17. The van der Waals surface area contributed by atoms with Gasteiger partial charge >= 0.3 is 5.97 Å². The van der Waals surface area contributed by atoms with Crippen molar-refractivity contribution in [3.8, 4) is 0 Å². The number of amides is 1. The summed E-state index contributed by atoms with van der Waals surface area (Å²) in [5, 5.41) is 11.5. The molecule has 1 atom stereocenters. The van der Waals surface area contributed by atoms with Crippen molar-refractivity contribution in [2.24, 2.45) is 0 Å². The van der Waals surface area contributed by atoms with E-state index in [-0.39, 0.29) is 13.2 Å². The summed E-state index contributed by atoms with van der Waals surface area (Å²) in [5.41, 5.74) is 0.607. The first-order valence-corrected chi connectivity index (χ1v) is 6.30. The smallest absolute Gasteiger partial charge is 0.330 e. The van der Waals surface area contributed by atoms with Gasteiger partial charge in [-0.25, -0.2) is 9.18 Å². The number of benzene rings is 1. The molecule has 0 bridgehead atoms. The van der Waals surface area contributed by atoms with Crippen LogP contribution in [0, 0.1) is 12.7 Å². The quantitative estimate of drug-likeness (QED) is 0.701. The lowest BCUT2D eigenvalue weighted by Crippen LogP contribution is -2.36. The Morgan fingerprint density at radius 2 is 2.10 bits per heavy atom. The Morgan fingerprint density at radius 3 is 2.67 bits per heavy atom. The van der Waals surface area contributed by atoms with Crippen LogP contribution in [0.1, 0.15) is 17.2 Å². The highest BCUT2D eigenvalue weighted by molar-refractivity contribution is 5.85.